The van der Waals surface area contributed by atoms with Crippen LogP contribution >= 0.6 is 15.9 Å². The van der Waals surface area contributed by atoms with Crippen LogP contribution < -0.4 is 9.47 Å². The Hall–Kier alpha value is -2.51. The number of hydrogen-bond donors (Lipinski definition) is 0. The molecule has 1 aromatic carbocycles. The molecule has 0 saturated carbocycles. The molecule has 0 aliphatic carbocycles. The molecule has 120 valence electrons. The van der Waals surface area contributed by atoms with E-state index in [9.17, 15) is 4.79 Å². The number of hydrogen-bond acceptors (Lipinski definition) is 6. The van der Waals surface area contributed by atoms with E-state index in [0.29, 0.717) is 28.1 Å². The Morgan fingerprint density at radius 2 is 1.83 bits per heavy atom. The van der Waals surface area contributed by atoms with Gasteiger partial charge in [0.15, 0.2) is 18.1 Å². The van der Waals surface area contributed by atoms with Gasteiger partial charge in [-0.1, -0.05) is 15.9 Å². The number of rotatable bonds is 7. The number of benzene rings is 1. The minimum atomic E-state index is -0.480. The van der Waals surface area contributed by atoms with Crippen LogP contribution in [0.15, 0.2) is 22.2 Å². The maximum absolute atomic E-state index is 11.4. The highest BCUT2D eigenvalue weighted by Crippen LogP contribution is 2.35. The number of carbonyl (C=O) groups is 1. The van der Waals surface area contributed by atoms with Crippen molar-refractivity contribution in [2.75, 3.05) is 19.8 Å². The maximum Gasteiger partial charge on any atom is 0.344 e. The number of carbonyl (C=O) groups excluding carboxylic acids is 1. The van der Waals surface area contributed by atoms with Crippen molar-refractivity contribution in [3.8, 4) is 23.6 Å². The van der Waals surface area contributed by atoms with Crippen LogP contribution in [-0.4, -0.2) is 25.8 Å². The van der Waals surface area contributed by atoms with Crippen LogP contribution in [0.5, 0.6) is 11.5 Å². The lowest BCUT2D eigenvalue weighted by molar-refractivity contribution is -0.145. The molecule has 7 heteroatoms. The third kappa shape index (κ3) is 5.65. The van der Waals surface area contributed by atoms with Crippen LogP contribution in [0.1, 0.15) is 19.4 Å². The smallest absolute Gasteiger partial charge is 0.344 e. The van der Waals surface area contributed by atoms with E-state index in [1.54, 1.807) is 31.2 Å². The first kappa shape index (κ1) is 18.5. The molecule has 1 rings (SSSR count). The summed E-state index contributed by atoms with van der Waals surface area (Å²) < 4.78 is 16.3. The average Bonchev–Trinajstić information content (AvgIpc) is 2.54. The number of nitriles is 2. The van der Waals surface area contributed by atoms with E-state index in [-0.39, 0.29) is 18.8 Å². The zero-order valence-corrected chi connectivity index (χ0v) is 14.3. The Balaban J connectivity index is 3.11. The van der Waals surface area contributed by atoms with Gasteiger partial charge in [-0.25, -0.2) is 4.79 Å². The zero-order valence-electron chi connectivity index (χ0n) is 12.8. The largest absolute Gasteiger partial charge is 0.490 e. The van der Waals surface area contributed by atoms with E-state index in [4.69, 9.17) is 24.7 Å². The van der Waals surface area contributed by atoms with Crippen LogP contribution in [0.3, 0.4) is 0 Å². The molecule has 0 atom stereocenters. The van der Waals surface area contributed by atoms with Crippen molar-refractivity contribution in [1.82, 2.24) is 0 Å². The zero-order chi connectivity index (χ0) is 17.2. The van der Waals surface area contributed by atoms with Gasteiger partial charge in [0.25, 0.3) is 0 Å². The molecule has 0 spiro atoms. The molecular formula is C16H15BrN2O4. The Morgan fingerprint density at radius 1 is 1.17 bits per heavy atom. The van der Waals surface area contributed by atoms with E-state index < -0.39 is 5.97 Å². The molecule has 0 N–H and O–H groups in total. The fraction of sp³-hybridized carbons (Fsp3) is 0.312. The third-order valence-electron chi connectivity index (χ3n) is 2.55. The average molecular weight is 379 g/mol. The Bertz CT molecular complexity index is 671. The second kappa shape index (κ2) is 9.50. The van der Waals surface area contributed by atoms with Crippen molar-refractivity contribution in [1.29, 1.82) is 10.5 Å². The summed E-state index contributed by atoms with van der Waals surface area (Å²) in [5, 5.41) is 17.7. The van der Waals surface area contributed by atoms with E-state index in [1.807, 2.05) is 6.92 Å². The van der Waals surface area contributed by atoms with E-state index >= 15 is 0 Å². The highest BCUT2D eigenvalue weighted by Gasteiger charge is 2.12. The lowest BCUT2D eigenvalue weighted by Gasteiger charge is -2.13. The molecular weight excluding hydrogens is 364 g/mol. The molecule has 0 saturated heterocycles. The van der Waals surface area contributed by atoms with Gasteiger partial charge in [-0.15, -0.1) is 0 Å². The maximum atomic E-state index is 11.4. The first-order valence-corrected chi connectivity index (χ1v) is 7.61. The molecule has 0 radical (unpaired) electrons. The van der Waals surface area contributed by atoms with Crippen LogP contribution in [0.2, 0.25) is 0 Å². The van der Waals surface area contributed by atoms with E-state index in [0.717, 1.165) is 0 Å². The summed E-state index contributed by atoms with van der Waals surface area (Å²) in [7, 11) is 0. The van der Waals surface area contributed by atoms with Gasteiger partial charge in [-0.05, 0) is 37.6 Å². The summed E-state index contributed by atoms with van der Waals surface area (Å²) in [4.78, 5) is 11.4. The highest BCUT2D eigenvalue weighted by molar-refractivity contribution is 9.10. The second-order valence-electron chi connectivity index (χ2n) is 4.13. The van der Waals surface area contributed by atoms with E-state index in [2.05, 4.69) is 15.9 Å². The first-order valence-electron chi connectivity index (χ1n) is 6.82. The van der Waals surface area contributed by atoms with Gasteiger partial charge in [0.2, 0.25) is 0 Å². The van der Waals surface area contributed by atoms with Crippen LogP contribution in [0.25, 0.3) is 6.08 Å². The number of allylic oxidation sites excluding steroid dienone is 1. The van der Waals surface area contributed by atoms with Gasteiger partial charge in [0.1, 0.15) is 17.7 Å². The topological polar surface area (TPSA) is 92.3 Å². The summed E-state index contributed by atoms with van der Waals surface area (Å²) in [5.41, 5.74) is 0.559. The van der Waals surface area contributed by atoms with Gasteiger partial charge in [0, 0.05) is 4.47 Å². The first-order chi connectivity index (χ1) is 11.0. The van der Waals surface area contributed by atoms with Gasteiger partial charge in [0.05, 0.1) is 13.2 Å². The van der Waals surface area contributed by atoms with Gasteiger partial charge in [-0.3, -0.25) is 0 Å². The van der Waals surface area contributed by atoms with E-state index in [1.165, 1.54) is 6.08 Å². The Kier molecular flexibility index (Phi) is 7.65. The number of nitrogens with zero attached hydrogens (tertiary/aromatic N) is 2. The molecule has 0 bridgehead atoms. The molecule has 0 amide bonds. The fourth-order valence-corrected chi connectivity index (χ4v) is 2.06. The SMILES string of the molecule is CCOC(=O)COc1cc(Br)c(C=C(C#N)C#N)cc1OCC. The predicted molar refractivity (Wildman–Crippen MR) is 86.6 cm³/mol. The third-order valence-corrected chi connectivity index (χ3v) is 3.24. The quantitative estimate of drug-likeness (QED) is 0.534. The second-order valence-corrected chi connectivity index (χ2v) is 4.98. The summed E-state index contributed by atoms with van der Waals surface area (Å²) >= 11 is 3.34. The Labute approximate surface area is 143 Å². The fourth-order valence-electron chi connectivity index (χ4n) is 1.63. The highest BCUT2D eigenvalue weighted by atomic mass is 79.9. The molecule has 0 heterocycles. The minimum Gasteiger partial charge on any atom is -0.490 e. The molecule has 0 aliphatic rings. The lowest BCUT2D eigenvalue weighted by Crippen LogP contribution is -2.15. The van der Waals surface area contributed by atoms with Crippen LogP contribution in [0.4, 0.5) is 0 Å². The normalized spacial score (nSPS) is 9.26. The molecule has 0 unspecified atom stereocenters. The number of esters is 1. The molecule has 0 fully saturated rings. The molecule has 1 aromatic rings. The van der Waals surface area contributed by atoms with Crippen LogP contribution in [-0.2, 0) is 9.53 Å². The molecule has 6 nitrogen and oxygen atoms in total. The standard InChI is InChI=1S/C16H15BrN2O4/c1-3-21-14-6-12(5-11(8-18)9-19)13(17)7-15(14)23-10-16(20)22-4-2/h5-7H,3-4,10H2,1-2H3. The summed E-state index contributed by atoms with van der Waals surface area (Å²) in [6.45, 7) is 3.95. The number of halogens is 1. The van der Waals surface area contributed by atoms with Crippen molar-refractivity contribution in [3.05, 3.63) is 27.7 Å². The van der Waals surface area contributed by atoms with Crippen LogP contribution in [0, 0.1) is 22.7 Å². The number of ether oxygens (including phenoxy) is 3. The van der Waals surface area contributed by atoms with Crippen molar-refractivity contribution in [2.24, 2.45) is 0 Å². The Morgan fingerprint density at radius 3 is 2.39 bits per heavy atom. The van der Waals surface area contributed by atoms with Gasteiger partial charge >= 0.3 is 5.97 Å². The summed E-state index contributed by atoms with van der Waals surface area (Å²) in [5.74, 6) is 0.284. The lowest BCUT2D eigenvalue weighted by atomic mass is 10.1. The van der Waals surface area contributed by atoms with Gasteiger partial charge < -0.3 is 14.2 Å². The van der Waals surface area contributed by atoms with Crippen molar-refractivity contribution >= 4 is 28.0 Å². The minimum absolute atomic E-state index is 0.0339. The monoisotopic (exact) mass is 378 g/mol. The molecule has 23 heavy (non-hydrogen) atoms. The molecule has 0 aromatic heterocycles. The van der Waals surface area contributed by atoms with Crippen molar-refractivity contribution in [3.63, 3.8) is 0 Å². The molecule has 0 aliphatic heterocycles. The van der Waals surface area contributed by atoms with Crippen molar-refractivity contribution < 1.29 is 19.0 Å². The summed E-state index contributed by atoms with van der Waals surface area (Å²) in [6, 6.07) is 6.83. The predicted octanol–water partition coefficient (Wildman–Crippen LogP) is 3.22. The van der Waals surface area contributed by atoms with Crippen molar-refractivity contribution in [2.45, 2.75) is 13.8 Å². The summed E-state index contributed by atoms with van der Waals surface area (Å²) in [6.07, 6.45) is 1.43. The van der Waals surface area contributed by atoms with Gasteiger partial charge in [-0.2, -0.15) is 10.5 Å².